The molecule has 3 nitrogen and oxygen atoms in total. The van der Waals surface area contributed by atoms with E-state index in [9.17, 15) is 9.90 Å². The second-order valence-electron chi connectivity index (χ2n) is 2.91. The first-order valence-corrected chi connectivity index (χ1v) is 4.46. The first-order valence-electron chi connectivity index (χ1n) is 4.08. The Morgan fingerprint density at radius 3 is 2.64 bits per heavy atom. The van der Waals surface area contributed by atoms with Crippen LogP contribution in [0.3, 0.4) is 0 Å². The van der Waals surface area contributed by atoms with E-state index in [1.54, 1.807) is 12.1 Å². The molecule has 1 N–H and O–H groups in total. The Balaban J connectivity index is 3.02. The number of aliphatic hydroxyl groups excluding tert-OH is 1. The van der Waals surface area contributed by atoms with Gasteiger partial charge in [-0.3, -0.25) is 4.79 Å². The lowest BCUT2D eigenvalue weighted by molar-refractivity contribution is -0.125. The molecule has 0 saturated carbocycles. The topological polar surface area (TPSA) is 46.5 Å². The number of carbonyl (C=O) groups excluding carboxylic acids is 1. The number of halogens is 1. The fourth-order valence-electron chi connectivity index (χ4n) is 1.09. The zero-order chi connectivity index (χ0) is 10.7. The van der Waals surface area contributed by atoms with E-state index in [4.69, 9.17) is 16.3 Å². The maximum Gasteiger partial charge on any atom is 0.162 e. The van der Waals surface area contributed by atoms with Crippen molar-refractivity contribution in [2.24, 2.45) is 0 Å². The highest BCUT2D eigenvalue weighted by Crippen LogP contribution is 2.27. The standard InChI is InChI=1S/C10H11ClO3/c1-6(12)10(13)7-3-4-9(14-2)8(11)5-7/h3-5,10,13H,1-2H3. The number of methoxy groups -OCH3 is 1. The van der Waals surface area contributed by atoms with Crippen molar-refractivity contribution in [1.82, 2.24) is 0 Å². The second-order valence-corrected chi connectivity index (χ2v) is 3.31. The minimum absolute atomic E-state index is 0.314. The van der Waals surface area contributed by atoms with Gasteiger partial charge in [-0.05, 0) is 24.6 Å². The number of ketones is 1. The lowest BCUT2D eigenvalue weighted by Crippen LogP contribution is -2.07. The Morgan fingerprint density at radius 2 is 2.21 bits per heavy atom. The van der Waals surface area contributed by atoms with Gasteiger partial charge in [-0.25, -0.2) is 0 Å². The predicted octanol–water partition coefficient (Wildman–Crippen LogP) is 1.97. The van der Waals surface area contributed by atoms with Gasteiger partial charge < -0.3 is 9.84 Å². The van der Waals surface area contributed by atoms with E-state index in [1.165, 1.54) is 20.1 Å². The zero-order valence-electron chi connectivity index (χ0n) is 7.95. The molecule has 0 aliphatic carbocycles. The van der Waals surface area contributed by atoms with Crippen molar-refractivity contribution in [1.29, 1.82) is 0 Å². The molecule has 1 aromatic rings. The predicted molar refractivity (Wildman–Crippen MR) is 53.6 cm³/mol. The molecule has 4 heteroatoms. The lowest BCUT2D eigenvalue weighted by atomic mass is 10.1. The Bertz CT molecular complexity index is 349. The molecular weight excluding hydrogens is 204 g/mol. The molecule has 0 radical (unpaired) electrons. The van der Waals surface area contributed by atoms with E-state index in [0.29, 0.717) is 16.3 Å². The van der Waals surface area contributed by atoms with Crippen LogP contribution < -0.4 is 4.74 Å². The van der Waals surface area contributed by atoms with Crippen molar-refractivity contribution >= 4 is 17.4 Å². The molecule has 1 atom stereocenters. The van der Waals surface area contributed by atoms with E-state index in [1.807, 2.05) is 0 Å². The molecule has 0 heterocycles. The van der Waals surface area contributed by atoms with Gasteiger partial charge in [-0.1, -0.05) is 17.7 Å². The van der Waals surface area contributed by atoms with Crippen molar-refractivity contribution in [3.05, 3.63) is 28.8 Å². The van der Waals surface area contributed by atoms with Gasteiger partial charge in [0.05, 0.1) is 12.1 Å². The van der Waals surface area contributed by atoms with Crippen molar-refractivity contribution < 1.29 is 14.6 Å². The third-order valence-electron chi connectivity index (χ3n) is 1.88. The van der Waals surface area contributed by atoms with Crippen LogP contribution in [0.1, 0.15) is 18.6 Å². The highest BCUT2D eigenvalue weighted by atomic mass is 35.5. The zero-order valence-corrected chi connectivity index (χ0v) is 8.71. The average Bonchev–Trinajstić information content (AvgIpc) is 2.16. The van der Waals surface area contributed by atoms with Crippen LogP contribution in [0.4, 0.5) is 0 Å². The summed E-state index contributed by atoms with van der Waals surface area (Å²) in [6, 6.07) is 4.74. The molecule has 14 heavy (non-hydrogen) atoms. The van der Waals surface area contributed by atoms with E-state index in [0.717, 1.165) is 0 Å². The first kappa shape index (κ1) is 11.0. The van der Waals surface area contributed by atoms with Gasteiger partial charge in [0.1, 0.15) is 11.9 Å². The quantitative estimate of drug-likeness (QED) is 0.837. The Labute approximate surface area is 87.3 Å². The second kappa shape index (κ2) is 4.44. The molecular formula is C10H11ClO3. The monoisotopic (exact) mass is 214 g/mol. The third-order valence-corrected chi connectivity index (χ3v) is 2.17. The summed E-state index contributed by atoms with van der Waals surface area (Å²) >= 11 is 5.83. The molecule has 0 fully saturated rings. The third kappa shape index (κ3) is 2.25. The van der Waals surface area contributed by atoms with Crippen LogP contribution >= 0.6 is 11.6 Å². The first-order chi connectivity index (χ1) is 6.56. The summed E-state index contributed by atoms with van der Waals surface area (Å²) in [5, 5.41) is 9.82. The molecule has 0 aromatic heterocycles. The molecule has 1 unspecified atom stereocenters. The molecule has 0 aliphatic rings. The van der Waals surface area contributed by atoms with E-state index in [2.05, 4.69) is 0 Å². The van der Waals surface area contributed by atoms with Gasteiger partial charge in [0.15, 0.2) is 5.78 Å². The van der Waals surface area contributed by atoms with Gasteiger partial charge in [-0.2, -0.15) is 0 Å². The number of rotatable bonds is 3. The summed E-state index contributed by atoms with van der Waals surface area (Å²) in [5.74, 6) is 0.206. The maximum atomic E-state index is 10.9. The number of Topliss-reactive ketones (excluding diaryl/α,β-unsaturated/α-hetero) is 1. The normalized spacial score (nSPS) is 12.3. The van der Waals surface area contributed by atoms with E-state index >= 15 is 0 Å². The van der Waals surface area contributed by atoms with Crippen LogP contribution in [0.2, 0.25) is 5.02 Å². The molecule has 76 valence electrons. The average molecular weight is 215 g/mol. The molecule has 0 bridgehead atoms. The maximum absolute atomic E-state index is 10.9. The van der Waals surface area contributed by atoms with Gasteiger partial charge in [0, 0.05) is 0 Å². The van der Waals surface area contributed by atoms with Gasteiger partial charge in [0.2, 0.25) is 0 Å². The number of hydrogen-bond donors (Lipinski definition) is 1. The number of ether oxygens (including phenoxy) is 1. The molecule has 0 spiro atoms. The van der Waals surface area contributed by atoms with Crippen LogP contribution in [0, 0.1) is 0 Å². The van der Waals surface area contributed by atoms with Crippen LogP contribution in [-0.4, -0.2) is 18.0 Å². The minimum atomic E-state index is -1.11. The Kier molecular flexibility index (Phi) is 3.49. The number of hydrogen-bond acceptors (Lipinski definition) is 3. The number of benzene rings is 1. The summed E-state index contributed by atoms with van der Waals surface area (Å²) in [4.78, 5) is 10.9. The summed E-state index contributed by atoms with van der Waals surface area (Å²) in [6.07, 6.45) is -1.11. The Morgan fingerprint density at radius 1 is 1.57 bits per heavy atom. The van der Waals surface area contributed by atoms with Gasteiger partial charge in [0.25, 0.3) is 0 Å². The van der Waals surface area contributed by atoms with Gasteiger partial charge in [-0.15, -0.1) is 0 Å². The SMILES string of the molecule is COc1ccc(C(O)C(C)=O)cc1Cl. The number of aliphatic hydroxyl groups is 1. The van der Waals surface area contributed by atoms with Crippen molar-refractivity contribution in [2.45, 2.75) is 13.0 Å². The largest absolute Gasteiger partial charge is 0.495 e. The highest BCUT2D eigenvalue weighted by Gasteiger charge is 2.13. The van der Waals surface area contributed by atoms with Crippen LogP contribution in [0.25, 0.3) is 0 Å². The molecule has 0 amide bonds. The summed E-state index contributed by atoms with van der Waals surface area (Å²) in [6.45, 7) is 1.32. The molecule has 1 rings (SSSR count). The van der Waals surface area contributed by atoms with E-state index < -0.39 is 6.10 Å². The highest BCUT2D eigenvalue weighted by molar-refractivity contribution is 6.32. The van der Waals surface area contributed by atoms with E-state index in [-0.39, 0.29) is 5.78 Å². The van der Waals surface area contributed by atoms with Crippen LogP contribution in [-0.2, 0) is 4.79 Å². The van der Waals surface area contributed by atoms with Crippen LogP contribution in [0.15, 0.2) is 18.2 Å². The van der Waals surface area contributed by atoms with Gasteiger partial charge >= 0.3 is 0 Å². The summed E-state index contributed by atoms with van der Waals surface area (Å²) < 4.78 is 4.94. The fraction of sp³-hybridized carbons (Fsp3) is 0.300. The van der Waals surface area contributed by atoms with Crippen molar-refractivity contribution in [3.63, 3.8) is 0 Å². The smallest absolute Gasteiger partial charge is 0.162 e. The lowest BCUT2D eigenvalue weighted by Gasteiger charge is -2.09. The van der Waals surface area contributed by atoms with Crippen molar-refractivity contribution in [2.75, 3.05) is 7.11 Å². The van der Waals surface area contributed by atoms with Crippen LogP contribution in [0.5, 0.6) is 5.75 Å². The Hall–Kier alpha value is -1.06. The minimum Gasteiger partial charge on any atom is -0.495 e. The summed E-state index contributed by atoms with van der Waals surface area (Å²) in [5.41, 5.74) is 0.475. The van der Waals surface area contributed by atoms with Crippen molar-refractivity contribution in [3.8, 4) is 5.75 Å². The fourth-order valence-corrected chi connectivity index (χ4v) is 1.35. The summed E-state index contributed by atoms with van der Waals surface area (Å²) in [7, 11) is 1.50. The molecule has 0 saturated heterocycles. The molecule has 0 aliphatic heterocycles. The number of carbonyl (C=O) groups is 1. The molecule has 1 aromatic carbocycles.